The van der Waals surface area contributed by atoms with Gasteiger partial charge in [-0.1, -0.05) is 18.2 Å². The summed E-state index contributed by atoms with van der Waals surface area (Å²) >= 11 is 0. The molecular formula is C16H14FN3O. The van der Waals surface area contributed by atoms with Crippen LogP contribution in [0.3, 0.4) is 0 Å². The standard InChI is InChI=1S/C16H14FN3O/c1-10-16(20-14-7-3-2-6-13(14)19-10)21-15-8-4-5-12(17)11(15)9-18/h2-8H,9,18H2,1H3. The number of para-hydroxylation sites is 2. The summed E-state index contributed by atoms with van der Waals surface area (Å²) in [6.07, 6.45) is 0. The Labute approximate surface area is 121 Å². The molecule has 5 heteroatoms. The van der Waals surface area contributed by atoms with Gasteiger partial charge in [0.25, 0.3) is 0 Å². The highest BCUT2D eigenvalue weighted by atomic mass is 19.1. The largest absolute Gasteiger partial charge is 0.437 e. The van der Waals surface area contributed by atoms with Crippen molar-refractivity contribution in [1.29, 1.82) is 0 Å². The van der Waals surface area contributed by atoms with Gasteiger partial charge in [-0.05, 0) is 31.2 Å². The van der Waals surface area contributed by atoms with Gasteiger partial charge in [0.15, 0.2) is 0 Å². The molecule has 106 valence electrons. The number of aromatic nitrogens is 2. The number of nitrogens with two attached hydrogens (primary N) is 1. The zero-order valence-corrected chi connectivity index (χ0v) is 11.5. The number of nitrogens with zero attached hydrogens (tertiary/aromatic N) is 2. The van der Waals surface area contributed by atoms with Crippen LogP contribution in [0.5, 0.6) is 11.6 Å². The normalized spacial score (nSPS) is 10.8. The number of rotatable bonds is 3. The van der Waals surface area contributed by atoms with Crippen molar-refractivity contribution in [3.05, 3.63) is 59.5 Å². The van der Waals surface area contributed by atoms with Crippen molar-refractivity contribution in [3.63, 3.8) is 0 Å². The molecule has 2 aromatic carbocycles. The van der Waals surface area contributed by atoms with Crippen LogP contribution in [0.2, 0.25) is 0 Å². The molecule has 0 saturated heterocycles. The Morgan fingerprint density at radius 3 is 2.48 bits per heavy atom. The Balaban J connectivity index is 2.06. The van der Waals surface area contributed by atoms with E-state index in [1.165, 1.54) is 6.07 Å². The molecule has 0 bridgehead atoms. The summed E-state index contributed by atoms with van der Waals surface area (Å²) in [6.45, 7) is 1.86. The highest BCUT2D eigenvalue weighted by Crippen LogP contribution is 2.28. The Morgan fingerprint density at radius 1 is 1.05 bits per heavy atom. The van der Waals surface area contributed by atoms with Crippen LogP contribution in [-0.2, 0) is 6.54 Å². The van der Waals surface area contributed by atoms with E-state index in [4.69, 9.17) is 10.5 Å². The third kappa shape index (κ3) is 2.55. The van der Waals surface area contributed by atoms with Crippen molar-refractivity contribution < 1.29 is 9.13 Å². The SMILES string of the molecule is Cc1nc2ccccc2nc1Oc1cccc(F)c1CN. The Morgan fingerprint density at radius 2 is 1.76 bits per heavy atom. The molecule has 1 aromatic heterocycles. The van der Waals surface area contributed by atoms with Gasteiger partial charge in [-0.15, -0.1) is 0 Å². The third-order valence-corrected chi connectivity index (χ3v) is 3.19. The number of halogens is 1. The van der Waals surface area contributed by atoms with E-state index < -0.39 is 0 Å². The van der Waals surface area contributed by atoms with E-state index in [1.807, 2.05) is 24.3 Å². The van der Waals surface area contributed by atoms with E-state index in [9.17, 15) is 4.39 Å². The molecule has 0 aliphatic carbocycles. The van der Waals surface area contributed by atoms with Gasteiger partial charge in [0.05, 0.1) is 11.0 Å². The van der Waals surface area contributed by atoms with E-state index in [-0.39, 0.29) is 12.4 Å². The van der Waals surface area contributed by atoms with Crippen LogP contribution in [0.4, 0.5) is 4.39 Å². The summed E-state index contributed by atoms with van der Waals surface area (Å²) in [5, 5.41) is 0. The fourth-order valence-corrected chi connectivity index (χ4v) is 2.11. The second kappa shape index (κ2) is 5.46. The minimum atomic E-state index is -0.388. The quantitative estimate of drug-likeness (QED) is 0.801. The molecule has 0 radical (unpaired) electrons. The van der Waals surface area contributed by atoms with E-state index in [1.54, 1.807) is 19.1 Å². The van der Waals surface area contributed by atoms with Crippen molar-refractivity contribution in [2.75, 3.05) is 0 Å². The maximum atomic E-state index is 13.7. The summed E-state index contributed by atoms with van der Waals surface area (Å²) in [7, 11) is 0. The van der Waals surface area contributed by atoms with Gasteiger partial charge < -0.3 is 10.5 Å². The van der Waals surface area contributed by atoms with Crippen LogP contribution in [0.25, 0.3) is 11.0 Å². The molecule has 0 amide bonds. The summed E-state index contributed by atoms with van der Waals surface area (Å²) < 4.78 is 19.4. The zero-order chi connectivity index (χ0) is 14.8. The number of hydrogen-bond acceptors (Lipinski definition) is 4. The molecule has 0 spiro atoms. The maximum absolute atomic E-state index is 13.7. The van der Waals surface area contributed by atoms with Gasteiger partial charge in [-0.2, -0.15) is 0 Å². The fourth-order valence-electron chi connectivity index (χ4n) is 2.11. The van der Waals surface area contributed by atoms with Gasteiger partial charge in [-0.3, -0.25) is 0 Å². The van der Waals surface area contributed by atoms with Crippen LogP contribution in [0.1, 0.15) is 11.3 Å². The van der Waals surface area contributed by atoms with E-state index in [0.29, 0.717) is 22.9 Å². The van der Waals surface area contributed by atoms with E-state index in [0.717, 1.165) is 11.0 Å². The monoisotopic (exact) mass is 283 g/mol. The Bertz CT molecular complexity index is 805. The third-order valence-electron chi connectivity index (χ3n) is 3.19. The lowest BCUT2D eigenvalue weighted by atomic mass is 10.2. The number of fused-ring (bicyclic) bond motifs is 1. The van der Waals surface area contributed by atoms with Crippen molar-refractivity contribution in [2.45, 2.75) is 13.5 Å². The molecule has 3 aromatic rings. The van der Waals surface area contributed by atoms with Gasteiger partial charge in [0, 0.05) is 12.1 Å². The molecule has 0 saturated carbocycles. The van der Waals surface area contributed by atoms with Gasteiger partial charge in [0.2, 0.25) is 5.88 Å². The van der Waals surface area contributed by atoms with Crippen LogP contribution < -0.4 is 10.5 Å². The summed E-state index contributed by atoms with van der Waals surface area (Å²) in [6, 6.07) is 12.1. The zero-order valence-electron chi connectivity index (χ0n) is 11.5. The topological polar surface area (TPSA) is 61.0 Å². The first-order chi connectivity index (χ1) is 10.2. The first kappa shape index (κ1) is 13.5. The second-order valence-corrected chi connectivity index (χ2v) is 4.63. The highest BCUT2D eigenvalue weighted by Gasteiger charge is 2.12. The predicted octanol–water partition coefficient (Wildman–Crippen LogP) is 3.33. The number of aryl methyl sites for hydroxylation is 1. The molecule has 4 nitrogen and oxygen atoms in total. The smallest absolute Gasteiger partial charge is 0.241 e. The summed E-state index contributed by atoms with van der Waals surface area (Å²) in [4.78, 5) is 8.86. The Kier molecular flexibility index (Phi) is 3.50. The first-order valence-corrected chi connectivity index (χ1v) is 6.57. The minimum absolute atomic E-state index is 0.0576. The average molecular weight is 283 g/mol. The van der Waals surface area contributed by atoms with Crippen LogP contribution in [-0.4, -0.2) is 9.97 Å². The first-order valence-electron chi connectivity index (χ1n) is 6.57. The second-order valence-electron chi connectivity index (χ2n) is 4.63. The molecule has 21 heavy (non-hydrogen) atoms. The average Bonchev–Trinajstić information content (AvgIpc) is 2.48. The summed E-state index contributed by atoms with van der Waals surface area (Å²) in [5.41, 5.74) is 8.06. The molecule has 2 N–H and O–H groups in total. The van der Waals surface area contributed by atoms with Crippen LogP contribution >= 0.6 is 0 Å². The molecule has 0 atom stereocenters. The fraction of sp³-hybridized carbons (Fsp3) is 0.125. The Hall–Kier alpha value is -2.53. The molecule has 3 rings (SSSR count). The molecule has 0 fully saturated rings. The molecule has 1 heterocycles. The number of hydrogen-bond donors (Lipinski definition) is 1. The van der Waals surface area contributed by atoms with Gasteiger partial charge in [0.1, 0.15) is 17.3 Å². The van der Waals surface area contributed by atoms with Crippen molar-refractivity contribution in [3.8, 4) is 11.6 Å². The molecular weight excluding hydrogens is 269 g/mol. The van der Waals surface area contributed by atoms with Crippen LogP contribution in [0, 0.1) is 12.7 Å². The van der Waals surface area contributed by atoms with Crippen LogP contribution in [0.15, 0.2) is 42.5 Å². The van der Waals surface area contributed by atoms with Crippen molar-refractivity contribution in [2.24, 2.45) is 5.73 Å². The summed E-state index contributed by atoms with van der Waals surface area (Å²) in [5.74, 6) is 0.334. The van der Waals surface area contributed by atoms with Crippen molar-refractivity contribution >= 4 is 11.0 Å². The molecule has 0 unspecified atom stereocenters. The lowest BCUT2D eigenvalue weighted by Crippen LogP contribution is -2.04. The minimum Gasteiger partial charge on any atom is -0.437 e. The maximum Gasteiger partial charge on any atom is 0.241 e. The highest BCUT2D eigenvalue weighted by molar-refractivity contribution is 5.74. The van der Waals surface area contributed by atoms with E-state index >= 15 is 0 Å². The lowest BCUT2D eigenvalue weighted by molar-refractivity contribution is 0.445. The molecule has 0 aliphatic heterocycles. The number of ether oxygens (including phenoxy) is 1. The van der Waals surface area contributed by atoms with Crippen molar-refractivity contribution in [1.82, 2.24) is 9.97 Å². The van der Waals surface area contributed by atoms with Gasteiger partial charge >= 0.3 is 0 Å². The number of benzene rings is 2. The predicted molar refractivity (Wildman–Crippen MR) is 78.6 cm³/mol. The van der Waals surface area contributed by atoms with E-state index in [2.05, 4.69) is 9.97 Å². The lowest BCUT2D eigenvalue weighted by Gasteiger charge is -2.12. The molecule has 0 aliphatic rings. The van der Waals surface area contributed by atoms with Gasteiger partial charge in [-0.25, -0.2) is 14.4 Å².